The first-order valence-corrected chi connectivity index (χ1v) is 5.29. The molecule has 2 rings (SSSR count). The fourth-order valence-electron chi connectivity index (χ4n) is 1.25. The Morgan fingerprint density at radius 1 is 1.46 bits per heavy atom. The van der Waals surface area contributed by atoms with Crippen molar-refractivity contribution in [2.45, 2.75) is 6.42 Å². The molecule has 0 fully saturated rings. The van der Waals surface area contributed by atoms with Gasteiger partial charge < -0.3 is 4.74 Å². The first-order chi connectivity index (χ1) is 6.18. The highest BCUT2D eigenvalue weighted by Crippen LogP contribution is 2.31. The molecule has 1 aromatic carbocycles. The van der Waals surface area contributed by atoms with Crippen molar-refractivity contribution >= 4 is 40.0 Å². The molecule has 0 unspecified atom stereocenters. The number of rotatable bonds is 0. The molecule has 1 aliphatic rings. The Morgan fingerprint density at radius 2 is 2.23 bits per heavy atom. The minimum absolute atomic E-state index is 0.135. The fourth-order valence-corrected chi connectivity index (χ4v) is 1.88. The van der Waals surface area contributed by atoms with Crippen LogP contribution in [0.4, 0.5) is 0 Å². The molecular formula is C9H6ClIO2. The van der Waals surface area contributed by atoms with Crippen LogP contribution in [0.15, 0.2) is 12.1 Å². The summed E-state index contributed by atoms with van der Waals surface area (Å²) >= 11 is 8.00. The van der Waals surface area contributed by atoms with Crippen LogP contribution in [-0.2, 0) is 0 Å². The van der Waals surface area contributed by atoms with E-state index in [1.165, 1.54) is 0 Å². The van der Waals surface area contributed by atoms with Gasteiger partial charge in [0.2, 0.25) is 0 Å². The second kappa shape index (κ2) is 3.46. The van der Waals surface area contributed by atoms with E-state index < -0.39 is 0 Å². The largest absolute Gasteiger partial charge is 0.492 e. The Balaban J connectivity index is 2.58. The predicted octanol–water partition coefficient (Wildman–Crippen LogP) is 2.91. The molecule has 0 atom stereocenters. The maximum atomic E-state index is 11.4. The van der Waals surface area contributed by atoms with Crippen molar-refractivity contribution in [3.8, 4) is 5.75 Å². The number of benzene rings is 1. The molecule has 0 N–H and O–H groups in total. The standard InChI is InChI=1S/C9H6ClIO2/c10-6-4-9-5(3-7(6)11)8(12)1-2-13-9/h3-4H,1-2H2. The molecule has 0 saturated heterocycles. The van der Waals surface area contributed by atoms with Crippen molar-refractivity contribution in [2.24, 2.45) is 0 Å². The Labute approximate surface area is 94.4 Å². The number of carbonyl (C=O) groups is 1. The summed E-state index contributed by atoms with van der Waals surface area (Å²) in [5.74, 6) is 0.748. The van der Waals surface area contributed by atoms with Gasteiger partial charge in [-0.2, -0.15) is 0 Å². The van der Waals surface area contributed by atoms with E-state index in [0.29, 0.717) is 29.4 Å². The molecule has 1 heterocycles. The van der Waals surface area contributed by atoms with Gasteiger partial charge in [0.25, 0.3) is 0 Å². The number of halogens is 2. The number of fused-ring (bicyclic) bond motifs is 1. The zero-order valence-electron chi connectivity index (χ0n) is 6.64. The van der Waals surface area contributed by atoms with Crippen molar-refractivity contribution in [1.82, 2.24) is 0 Å². The summed E-state index contributed by atoms with van der Waals surface area (Å²) in [7, 11) is 0. The number of ether oxygens (including phenoxy) is 1. The third-order valence-electron chi connectivity index (χ3n) is 1.91. The molecular weight excluding hydrogens is 302 g/mol. The van der Waals surface area contributed by atoms with Crippen molar-refractivity contribution in [3.63, 3.8) is 0 Å². The van der Waals surface area contributed by atoms with Gasteiger partial charge in [0.05, 0.1) is 17.2 Å². The Bertz CT molecular complexity index is 376. The molecule has 0 spiro atoms. The van der Waals surface area contributed by atoms with E-state index in [2.05, 4.69) is 22.6 Å². The zero-order chi connectivity index (χ0) is 9.42. The van der Waals surface area contributed by atoms with E-state index in [0.717, 1.165) is 3.57 Å². The van der Waals surface area contributed by atoms with Crippen molar-refractivity contribution in [1.29, 1.82) is 0 Å². The fraction of sp³-hybridized carbons (Fsp3) is 0.222. The van der Waals surface area contributed by atoms with E-state index in [4.69, 9.17) is 16.3 Å². The summed E-state index contributed by atoms with van der Waals surface area (Å²) in [5, 5.41) is 0.633. The molecule has 0 radical (unpaired) electrons. The lowest BCUT2D eigenvalue weighted by molar-refractivity contribution is 0.0933. The predicted molar refractivity (Wildman–Crippen MR) is 58.6 cm³/mol. The summed E-state index contributed by atoms with van der Waals surface area (Å²) in [5.41, 5.74) is 0.653. The highest BCUT2D eigenvalue weighted by Gasteiger charge is 2.19. The highest BCUT2D eigenvalue weighted by molar-refractivity contribution is 14.1. The van der Waals surface area contributed by atoms with Crippen LogP contribution < -0.4 is 4.74 Å². The summed E-state index contributed by atoms with van der Waals surface area (Å²) in [6, 6.07) is 3.48. The van der Waals surface area contributed by atoms with E-state index in [1.807, 2.05) is 0 Å². The number of hydrogen-bond acceptors (Lipinski definition) is 2. The minimum Gasteiger partial charge on any atom is -0.492 e. The monoisotopic (exact) mass is 308 g/mol. The van der Waals surface area contributed by atoms with Gasteiger partial charge in [-0.3, -0.25) is 4.79 Å². The van der Waals surface area contributed by atoms with Gasteiger partial charge in [0, 0.05) is 16.1 Å². The zero-order valence-corrected chi connectivity index (χ0v) is 9.55. The minimum atomic E-state index is 0.135. The van der Waals surface area contributed by atoms with Crippen molar-refractivity contribution in [2.75, 3.05) is 6.61 Å². The van der Waals surface area contributed by atoms with Crippen LogP contribution in [0.5, 0.6) is 5.75 Å². The Morgan fingerprint density at radius 3 is 3.00 bits per heavy atom. The number of ketones is 1. The molecule has 13 heavy (non-hydrogen) atoms. The van der Waals surface area contributed by atoms with Gasteiger partial charge in [-0.1, -0.05) is 11.6 Å². The number of hydrogen-bond donors (Lipinski definition) is 0. The summed E-state index contributed by atoms with van der Waals surface area (Å²) in [6.07, 6.45) is 0.463. The molecule has 4 heteroatoms. The second-order valence-corrected chi connectivity index (χ2v) is 4.35. The third-order valence-corrected chi connectivity index (χ3v) is 3.43. The molecule has 68 valence electrons. The first kappa shape index (κ1) is 9.27. The SMILES string of the molecule is O=C1CCOc2cc(Cl)c(I)cc21. The Hall–Kier alpha value is -0.290. The van der Waals surface area contributed by atoms with Gasteiger partial charge >= 0.3 is 0 Å². The van der Waals surface area contributed by atoms with Crippen LogP contribution in [0.1, 0.15) is 16.8 Å². The first-order valence-electron chi connectivity index (χ1n) is 3.83. The third kappa shape index (κ3) is 1.67. The lowest BCUT2D eigenvalue weighted by Crippen LogP contribution is -2.15. The molecule has 2 nitrogen and oxygen atoms in total. The smallest absolute Gasteiger partial charge is 0.170 e. The molecule has 0 amide bonds. The van der Waals surface area contributed by atoms with Gasteiger partial charge in [0.15, 0.2) is 5.78 Å². The van der Waals surface area contributed by atoms with E-state index in [-0.39, 0.29) is 5.78 Å². The van der Waals surface area contributed by atoms with E-state index in [1.54, 1.807) is 12.1 Å². The van der Waals surface area contributed by atoms with Gasteiger partial charge in [-0.25, -0.2) is 0 Å². The van der Waals surface area contributed by atoms with Crippen LogP contribution in [0.3, 0.4) is 0 Å². The molecule has 1 aromatic rings. The quantitative estimate of drug-likeness (QED) is 0.689. The summed E-state index contributed by atoms with van der Waals surface area (Å²) in [4.78, 5) is 11.4. The van der Waals surface area contributed by atoms with Crippen LogP contribution in [0.25, 0.3) is 0 Å². The normalized spacial score (nSPS) is 15.1. The number of Topliss-reactive ketones (excluding diaryl/α,β-unsaturated/α-hetero) is 1. The summed E-state index contributed by atoms with van der Waals surface area (Å²) in [6.45, 7) is 0.461. The van der Waals surface area contributed by atoms with Crippen molar-refractivity contribution < 1.29 is 9.53 Å². The van der Waals surface area contributed by atoms with Crippen LogP contribution in [-0.4, -0.2) is 12.4 Å². The maximum absolute atomic E-state index is 11.4. The second-order valence-electron chi connectivity index (χ2n) is 2.78. The molecule has 1 aliphatic heterocycles. The highest BCUT2D eigenvalue weighted by atomic mass is 127. The maximum Gasteiger partial charge on any atom is 0.170 e. The van der Waals surface area contributed by atoms with Crippen molar-refractivity contribution in [3.05, 3.63) is 26.3 Å². The number of carbonyl (C=O) groups excluding carboxylic acids is 1. The van der Waals surface area contributed by atoms with Gasteiger partial charge in [0.1, 0.15) is 5.75 Å². The average Bonchev–Trinajstić information content (AvgIpc) is 2.09. The molecule has 0 saturated carbocycles. The van der Waals surface area contributed by atoms with Crippen LogP contribution in [0, 0.1) is 3.57 Å². The van der Waals surface area contributed by atoms with Gasteiger partial charge in [-0.05, 0) is 28.7 Å². The van der Waals surface area contributed by atoms with Gasteiger partial charge in [-0.15, -0.1) is 0 Å². The molecule has 0 aromatic heterocycles. The molecule has 0 bridgehead atoms. The lowest BCUT2D eigenvalue weighted by atomic mass is 10.1. The summed E-state index contributed by atoms with van der Waals surface area (Å²) < 4.78 is 6.21. The lowest BCUT2D eigenvalue weighted by Gasteiger charge is -2.16. The van der Waals surface area contributed by atoms with E-state index >= 15 is 0 Å². The van der Waals surface area contributed by atoms with E-state index in [9.17, 15) is 4.79 Å². The average molecular weight is 309 g/mol. The van der Waals surface area contributed by atoms with Crippen LogP contribution >= 0.6 is 34.2 Å². The molecule has 0 aliphatic carbocycles. The Kier molecular flexibility index (Phi) is 2.47. The topological polar surface area (TPSA) is 26.3 Å². The van der Waals surface area contributed by atoms with Crippen LogP contribution in [0.2, 0.25) is 5.02 Å².